The molecule has 0 aromatic heterocycles. The van der Waals surface area contributed by atoms with Crippen LogP contribution < -0.4 is 10.2 Å². The lowest BCUT2D eigenvalue weighted by molar-refractivity contribution is -0.122. The van der Waals surface area contributed by atoms with Crippen molar-refractivity contribution < 1.29 is 23.9 Å². The monoisotopic (exact) mass is 556 g/mol. The molecule has 208 valence electrons. The largest absolute Gasteiger partial charge is 0.452 e. The highest BCUT2D eigenvalue weighted by Gasteiger charge is 2.61. The number of hydrogen-bond acceptors (Lipinski definition) is 5. The Morgan fingerprint density at radius 3 is 1.76 bits per heavy atom. The molecule has 1 fully saturated rings. The molecule has 3 aliphatic carbocycles. The van der Waals surface area contributed by atoms with Crippen LogP contribution in [-0.4, -0.2) is 30.3 Å². The van der Waals surface area contributed by atoms with Crippen molar-refractivity contribution in [2.75, 3.05) is 16.8 Å². The van der Waals surface area contributed by atoms with Gasteiger partial charge in [-0.25, -0.2) is 9.69 Å². The van der Waals surface area contributed by atoms with Crippen molar-refractivity contribution in [2.45, 2.75) is 25.7 Å². The Bertz CT molecular complexity index is 1680. The van der Waals surface area contributed by atoms with Gasteiger partial charge in [0, 0.05) is 17.5 Å². The zero-order valence-electron chi connectivity index (χ0n) is 23.2. The lowest BCUT2D eigenvalue weighted by Crippen LogP contribution is -2.41. The van der Waals surface area contributed by atoms with Gasteiger partial charge in [0.05, 0.1) is 23.1 Å². The fraction of sp³-hybridized carbons (Fsp3) is 0.200. The van der Waals surface area contributed by atoms with Gasteiger partial charge in [0.1, 0.15) is 0 Å². The Hall–Kier alpha value is -5.04. The maximum Gasteiger partial charge on any atom is 0.338 e. The number of carbonyl (C=O) groups is 4. The van der Waals surface area contributed by atoms with E-state index >= 15 is 0 Å². The number of esters is 1. The van der Waals surface area contributed by atoms with Crippen LogP contribution in [-0.2, 0) is 19.1 Å². The molecule has 0 saturated carbocycles. The normalized spacial score (nSPS) is 21.4. The number of amides is 3. The summed E-state index contributed by atoms with van der Waals surface area (Å²) in [6, 6.07) is 28.1. The van der Waals surface area contributed by atoms with E-state index in [-0.39, 0.29) is 29.2 Å². The number of anilines is 2. The summed E-state index contributed by atoms with van der Waals surface area (Å²) in [6.45, 7) is 3.42. The van der Waals surface area contributed by atoms with Crippen molar-refractivity contribution >= 4 is 35.1 Å². The Balaban J connectivity index is 1.08. The van der Waals surface area contributed by atoms with Crippen LogP contribution in [0, 0.1) is 25.7 Å². The standard InChI is InChI=1S/C35H28N2O5/c1-19-11-16-27(20(2)17-19)36-28(38)18-42-35(41)21-12-14-22(15-13-21)37-33(39)31-29-23-7-3-4-8-24(23)30(32(31)34(37)40)26-10-6-5-9-25(26)29/h3-17,29-32H,18H2,1-2H3,(H,36,38)/t29?,30?,31-,32-/m1/s1. The van der Waals surface area contributed by atoms with Gasteiger partial charge in [0.25, 0.3) is 5.91 Å². The molecule has 8 rings (SSSR count). The van der Waals surface area contributed by atoms with Crippen molar-refractivity contribution in [2.24, 2.45) is 11.8 Å². The first-order valence-corrected chi connectivity index (χ1v) is 14.0. The van der Waals surface area contributed by atoms with Gasteiger partial charge in [-0.1, -0.05) is 66.2 Å². The molecule has 42 heavy (non-hydrogen) atoms. The molecule has 7 nitrogen and oxygen atoms in total. The SMILES string of the molecule is Cc1ccc(NC(=O)COC(=O)c2ccc(N3C(=O)[C@@H]4C5c6ccccc6C(c6ccccc65)[C@H]4C3=O)cc2)c(C)c1. The fourth-order valence-corrected chi connectivity index (χ4v) is 7.03. The molecular weight excluding hydrogens is 528 g/mol. The van der Waals surface area contributed by atoms with Gasteiger partial charge in [0.2, 0.25) is 11.8 Å². The van der Waals surface area contributed by atoms with Crippen LogP contribution in [0.5, 0.6) is 0 Å². The van der Waals surface area contributed by atoms with E-state index in [0.29, 0.717) is 11.4 Å². The van der Waals surface area contributed by atoms with Gasteiger partial charge in [-0.15, -0.1) is 0 Å². The van der Waals surface area contributed by atoms with Crippen LogP contribution >= 0.6 is 0 Å². The van der Waals surface area contributed by atoms with E-state index < -0.39 is 30.3 Å². The van der Waals surface area contributed by atoms with Crippen LogP contribution in [0.1, 0.15) is 55.6 Å². The average Bonchev–Trinajstić information content (AvgIpc) is 3.27. The topological polar surface area (TPSA) is 92.8 Å². The van der Waals surface area contributed by atoms with Gasteiger partial charge >= 0.3 is 5.97 Å². The second-order valence-electron chi connectivity index (χ2n) is 11.3. The number of aryl methyl sites for hydroxylation is 2. The second kappa shape index (κ2) is 9.80. The van der Waals surface area contributed by atoms with E-state index in [0.717, 1.165) is 33.4 Å². The summed E-state index contributed by atoms with van der Waals surface area (Å²) in [4.78, 5) is 54.1. The van der Waals surface area contributed by atoms with Crippen molar-refractivity contribution in [1.82, 2.24) is 0 Å². The molecule has 1 aliphatic heterocycles. The molecule has 1 saturated heterocycles. The third kappa shape index (κ3) is 3.96. The molecule has 1 heterocycles. The molecule has 1 N–H and O–H groups in total. The van der Waals surface area contributed by atoms with Crippen molar-refractivity contribution in [1.29, 1.82) is 0 Å². The molecule has 0 unspecified atom stereocenters. The van der Waals surface area contributed by atoms with Gasteiger partial charge < -0.3 is 10.1 Å². The third-order valence-electron chi connectivity index (χ3n) is 8.80. The van der Waals surface area contributed by atoms with E-state index in [1.807, 2.05) is 56.3 Å². The molecule has 4 aliphatic rings. The smallest absolute Gasteiger partial charge is 0.338 e. The van der Waals surface area contributed by atoms with E-state index in [2.05, 4.69) is 29.6 Å². The van der Waals surface area contributed by atoms with Crippen LogP contribution in [0.3, 0.4) is 0 Å². The number of ether oxygens (including phenoxy) is 1. The first-order valence-electron chi connectivity index (χ1n) is 14.0. The molecule has 3 amide bonds. The molecule has 4 aromatic rings. The first-order chi connectivity index (χ1) is 20.3. The second-order valence-corrected chi connectivity index (χ2v) is 11.3. The van der Waals surface area contributed by atoms with Gasteiger partial charge in [-0.05, 0) is 72.0 Å². The van der Waals surface area contributed by atoms with Crippen LogP contribution in [0.2, 0.25) is 0 Å². The van der Waals surface area contributed by atoms with E-state index in [4.69, 9.17) is 4.74 Å². The zero-order chi connectivity index (χ0) is 29.1. The summed E-state index contributed by atoms with van der Waals surface area (Å²) in [5.74, 6) is -2.88. The summed E-state index contributed by atoms with van der Waals surface area (Å²) in [7, 11) is 0. The van der Waals surface area contributed by atoms with Crippen LogP contribution in [0.4, 0.5) is 11.4 Å². The highest BCUT2D eigenvalue weighted by atomic mass is 16.5. The number of nitrogens with one attached hydrogen (secondary N) is 1. The molecule has 2 bridgehead atoms. The van der Waals surface area contributed by atoms with Crippen LogP contribution in [0.25, 0.3) is 0 Å². The van der Waals surface area contributed by atoms with Gasteiger partial charge in [-0.3, -0.25) is 14.4 Å². The zero-order valence-corrected chi connectivity index (χ0v) is 23.2. The number of carbonyl (C=O) groups excluding carboxylic acids is 4. The van der Waals surface area contributed by atoms with Crippen LogP contribution in [0.15, 0.2) is 91.0 Å². The molecule has 2 atom stereocenters. The number of hydrogen-bond donors (Lipinski definition) is 1. The molecule has 0 radical (unpaired) electrons. The van der Waals surface area contributed by atoms with E-state index in [9.17, 15) is 19.2 Å². The minimum Gasteiger partial charge on any atom is -0.452 e. The van der Waals surface area contributed by atoms with Crippen molar-refractivity contribution in [3.63, 3.8) is 0 Å². The number of rotatable bonds is 5. The van der Waals surface area contributed by atoms with Crippen molar-refractivity contribution in [3.05, 3.63) is 130 Å². The predicted molar refractivity (Wildman–Crippen MR) is 157 cm³/mol. The average molecular weight is 557 g/mol. The predicted octanol–water partition coefficient (Wildman–Crippen LogP) is 5.50. The van der Waals surface area contributed by atoms with E-state index in [1.54, 1.807) is 12.1 Å². The number of nitrogens with zero attached hydrogens (tertiary/aromatic N) is 1. The summed E-state index contributed by atoms with van der Waals surface area (Å²) in [5.41, 5.74) is 7.75. The lowest BCUT2D eigenvalue weighted by atomic mass is 9.55. The lowest BCUT2D eigenvalue weighted by Gasteiger charge is -2.45. The Morgan fingerprint density at radius 1 is 0.738 bits per heavy atom. The number of imide groups is 1. The fourth-order valence-electron chi connectivity index (χ4n) is 7.03. The minimum absolute atomic E-state index is 0.182. The summed E-state index contributed by atoms with van der Waals surface area (Å²) >= 11 is 0. The number of benzene rings is 4. The highest BCUT2D eigenvalue weighted by molar-refractivity contribution is 6.23. The Labute approximate surface area is 243 Å². The quantitative estimate of drug-likeness (QED) is 0.259. The summed E-state index contributed by atoms with van der Waals surface area (Å²) in [5, 5.41) is 2.75. The minimum atomic E-state index is -0.672. The summed E-state index contributed by atoms with van der Waals surface area (Å²) < 4.78 is 5.22. The maximum absolute atomic E-state index is 13.9. The molecule has 0 spiro atoms. The maximum atomic E-state index is 13.9. The van der Waals surface area contributed by atoms with Gasteiger partial charge in [-0.2, -0.15) is 0 Å². The Morgan fingerprint density at radius 2 is 1.26 bits per heavy atom. The van der Waals surface area contributed by atoms with Gasteiger partial charge in [0.15, 0.2) is 6.61 Å². The molecule has 4 aromatic carbocycles. The molecular formula is C35H28N2O5. The first kappa shape index (κ1) is 25.9. The third-order valence-corrected chi connectivity index (χ3v) is 8.80. The Kier molecular flexibility index (Phi) is 6.04. The van der Waals surface area contributed by atoms with Crippen molar-refractivity contribution in [3.8, 4) is 0 Å². The molecule has 7 heteroatoms. The van der Waals surface area contributed by atoms with E-state index in [1.165, 1.54) is 17.0 Å². The highest BCUT2D eigenvalue weighted by Crippen LogP contribution is 2.61. The summed E-state index contributed by atoms with van der Waals surface area (Å²) in [6.07, 6.45) is 0.